The second kappa shape index (κ2) is 5.03. The van der Waals surface area contributed by atoms with E-state index in [1.165, 1.54) is 29.5 Å². The molecule has 0 aromatic heterocycles. The fraction of sp³-hybridized carbons (Fsp3) is 0.429. The van der Waals surface area contributed by atoms with Crippen molar-refractivity contribution in [1.82, 2.24) is 5.32 Å². The van der Waals surface area contributed by atoms with Crippen molar-refractivity contribution in [1.29, 1.82) is 0 Å². The molecule has 2 rings (SSSR count). The summed E-state index contributed by atoms with van der Waals surface area (Å²) in [6, 6.07) is 6.81. The summed E-state index contributed by atoms with van der Waals surface area (Å²) in [6.45, 7) is 5.26. The van der Waals surface area contributed by atoms with E-state index in [1.807, 2.05) is 12.1 Å². The lowest BCUT2D eigenvalue weighted by molar-refractivity contribution is 0.736. The number of aryl methyl sites for hydroxylation is 1. The molecule has 0 spiro atoms. The van der Waals surface area contributed by atoms with Crippen molar-refractivity contribution >= 4 is 17.7 Å². The van der Waals surface area contributed by atoms with Gasteiger partial charge in [0.15, 0.2) is 0 Å². The molecule has 1 N–H and O–H groups in total. The number of halogens is 1. The maximum absolute atomic E-state index is 5.93. The van der Waals surface area contributed by atoms with Crippen LogP contribution in [0.2, 0.25) is 5.02 Å². The summed E-state index contributed by atoms with van der Waals surface area (Å²) in [5.74, 6) is 0. The molecule has 0 bridgehead atoms. The van der Waals surface area contributed by atoms with Gasteiger partial charge in [-0.15, -0.1) is 0 Å². The zero-order valence-electron chi connectivity index (χ0n) is 9.89. The lowest BCUT2D eigenvalue weighted by atomic mass is 10.1. The van der Waals surface area contributed by atoms with E-state index in [4.69, 9.17) is 11.6 Å². The molecular formula is C14H18ClN. The van der Waals surface area contributed by atoms with Crippen LogP contribution in [0.25, 0.3) is 6.08 Å². The van der Waals surface area contributed by atoms with Gasteiger partial charge in [0.2, 0.25) is 0 Å². The van der Waals surface area contributed by atoms with E-state index in [1.54, 1.807) is 0 Å². The van der Waals surface area contributed by atoms with Crippen LogP contribution in [-0.2, 0) is 0 Å². The van der Waals surface area contributed by atoms with Crippen molar-refractivity contribution in [2.45, 2.75) is 32.7 Å². The molecule has 1 aromatic rings. The molecule has 1 nitrogen and oxygen atoms in total. The molecule has 1 fully saturated rings. The van der Waals surface area contributed by atoms with E-state index in [0.717, 1.165) is 17.6 Å². The average molecular weight is 236 g/mol. The minimum absolute atomic E-state index is 0.773. The van der Waals surface area contributed by atoms with Crippen molar-refractivity contribution in [2.75, 3.05) is 6.54 Å². The van der Waals surface area contributed by atoms with Crippen LogP contribution in [0.1, 0.15) is 30.9 Å². The molecule has 0 aliphatic heterocycles. The smallest absolute Gasteiger partial charge is 0.0409 e. The maximum Gasteiger partial charge on any atom is 0.0409 e. The topological polar surface area (TPSA) is 12.0 Å². The number of rotatable bonds is 4. The Balaban J connectivity index is 2.01. The van der Waals surface area contributed by atoms with Crippen molar-refractivity contribution in [3.8, 4) is 0 Å². The SMILES string of the molecule is C/C(=C/c1ccc(Cl)cc1C)CNC1CC1. The summed E-state index contributed by atoms with van der Waals surface area (Å²) in [4.78, 5) is 0. The predicted octanol–water partition coefficient (Wildman–Crippen LogP) is 3.80. The zero-order valence-corrected chi connectivity index (χ0v) is 10.6. The highest BCUT2D eigenvalue weighted by Gasteiger charge is 2.19. The highest BCUT2D eigenvalue weighted by atomic mass is 35.5. The molecular weight excluding hydrogens is 218 g/mol. The summed E-state index contributed by atoms with van der Waals surface area (Å²) in [6.07, 6.45) is 4.92. The normalized spacial score (nSPS) is 16.6. The van der Waals surface area contributed by atoms with Crippen LogP contribution in [0.5, 0.6) is 0 Å². The first-order valence-electron chi connectivity index (χ1n) is 5.82. The Bertz CT molecular complexity index is 405. The highest BCUT2D eigenvalue weighted by molar-refractivity contribution is 6.30. The molecule has 2 heteroatoms. The third-order valence-electron chi connectivity index (χ3n) is 2.88. The molecule has 0 amide bonds. The van der Waals surface area contributed by atoms with Gasteiger partial charge in [-0.25, -0.2) is 0 Å². The van der Waals surface area contributed by atoms with E-state index in [9.17, 15) is 0 Å². The van der Waals surface area contributed by atoms with Crippen molar-refractivity contribution in [3.63, 3.8) is 0 Å². The van der Waals surface area contributed by atoms with Gasteiger partial charge in [-0.05, 0) is 49.9 Å². The van der Waals surface area contributed by atoms with Gasteiger partial charge in [0.1, 0.15) is 0 Å². The van der Waals surface area contributed by atoms with Gasteiger partial charge in [0.25, 0.3) is 0 Å². The monoisotopic (exact) mass is 235 g/mol. The first-order valence-corrected chi connectivity index (χ1v) is 6.19. The minimum atomic E-state index is 0.773. The van der Waals surface area contributed by atoms with Gasteiger partial charge in [0, 0.05) is 17.6 Å². The van der Waals surface area contributed by atoms with E-state index in [-0.39, 0.29) is 0 Å². The molecule has 1 aliphatic carbocycles. The molecule has 0 atom stereocenters. The molecule has 16 heavy (non-hydrogen) atoms. The van der Waals surface area contributed by atoms with Crippen molar-refractivity contribution < 1.29 is 0 Å². The van der Waals surface area contributed by atoms with Crippen LogP contribution in [0, 0.1) is 6.92 Å². The Morgan fingerprint density at radius 2 is 2.25 bits per heavy atom. The van der Waals surface area contributed by atoms with Gasteiger partial charge < -0.3 is 5.32 Å². The average Bonchev–Trinajstić information content (AvgIpc) is 3.03. The van der Waals surface area contributed by atoms with E-state index in [0.29, 0.717) is 0 Å². The van der Waals surface area contributed by atoms with Gasteiger partial charge in [-0.1, -0.05) is 29.3 Å². The Morgan fingerprint density at radius 3 is 2.88 bits per heavy atom. The van der Waals surface area contributed by atoms with E-state index in [2.05, 4.69) is 31.3 Å². The van der Waals surface area contributed by atoms with Crippen LogP contribution in [0.4, 0.5) is 0 Å². The Morgan fingerprint density at radius 1 is 1.50 bits per heavy atom. The largest absolute Gasteiger partial charge is 0.310 e. The van der Waals surface area contributed by atoms with Crippen LogP contribution in [0.15, 0.2) is 23.8 Å². The van der Waals surface area contributed by atoms with Crippen molar-refractivity contribution in [2.24, 2.45) is 0 Å². The molecule has 0 saturated heterocycles. The third kappa shape index (κ3) is 3.36. The Hall–Kier alpha value is -0.790. The number of hydrogen-bond acceptors (Lipinski definition) is 1. The molecule has 0 radical (unpaired) electrons. The van der Waals surface area contributed by atoms with Crippen molar-refractivity contribution in [3.05, 3.63) is 39.9 Å². The molecule has 1 aliphatic rings. The molecule has 0 heterocycles. The molecule has 86 valence electrons. The quantitative estimate of drug-likeness (QED) is 0.837. The Labute approximate surface area is 103 Å². The fourth-order valence-corrected chi connectivity index (χ4v) is 1.94. The number of benzene rings is 1. The first-order chi connectivity index (χ1) is 7.65. The molecule has 0 unspecified atom stereocenters. The summed E-state index contributed by atoms with van der Waals surface area (Å²) < 4.78 is 0. The van der Waals surface area contributed by atoms with Gasteiger partial charge >= 0.3 is 0 Å². The molecule has 1 saturated carbocycles. The van der Waals surface area contributed by atoms with E-state index < -0.39 is 0 Å². The Kier molecular flexibility index (Phi) is 3.67. The van der Waals surface area contributed by atoms with E-state index >= 15 is 0 Å². The second-order valence-electron chi connectivity index (χ2n) is 4.65. The predicted molar refractivity (Wildman–Crippen MR) is 70.9 cm³/mol. The molecule has 1 aromatic carbocycles. The highest BCUT2D eigenvalue weighted by Crippen LogP contribution is 2.20. The zero-order chi connectivity index (χ0) is 11.5. The fourth-order valence-electron chi connectivity index (χ4n) is 1.71. The summed E-state index contributed by atoms with van der Waals surface area (Å²) >= 11 is 5.93. The minimum Gasteiger partial charge on any atom is -0.310 e. The number of hydrogen-bond donors (Lipinski definition) is 1. The number of nitrogens with one attached hydrogen (secondary N) is 1. The third-order valence-corrected chi connectivity index (χ3v) is 3.12. The van der Waals surface area contributed by atoms with Gasteiger partial charge in [-0.3, -0.25) is 0 Å². The van der Waals surface area contributed by atoms with Gasteiger partial charge in [-0.2, -0.15) is 0 Å². The summed E-state index contributed by atoms with van der Waals surface area (Å²) in [7, 11) is 0. The van der Waals surface area contributed by atoms with Crippen LogP contribution >= 0.6 is 11.6 Å². The summed E-state index contributed by atoms with van der Waals surface area (Å²) in [5.41, 5.74) is 3.87. The lowest BCUT2D eigenvalue weighted by Crippen LogP contribution is -2.18. The maximum atomic E-state index is 5.93. The van der Waals surface area contributed by atoms with Crippen LogP contribution < -0.4 is 5.32 Å². The summed E-state index contributed by atoms with van der Waals surface area (Å²) in [5, 5.41) is 4.32. The first kappa shape index (κ1) is 11.7. The van der Waals surface area contributed by atoms with Gasteiger partial charge in [0.05, 0.1) is 0 Å². The van der Waals surface area contributed by atoms with Crippen LogP contribution in [-0.4, -0.2) is 12.6 Å². The second-order valence-corrected chi connectivity index (χ2v) is 5.08. The standard InChI is InChI=1S/C14H18ClN/c1-10(9-16-14-5-6-14)7-12-3-4-13(15)8-11(12)2/h3-4,7-8,14,16H,5-6,9H2,1-2H3/b10-7-. The lowest BCUT2D eigenvalue weighted by Gasteiger charge is -2.05. The van der Waals surface area contributed by atoms with Crippen LogP contribution in [0.3, 0.4) is 0 Å².